The number of nitrogens with one attached hydrogen (secondary N) is 1. The Kier molecular flexibility index (Phi) is 4.42. The van der Waals surface area contributed by atoms with Crippen molar-refractivity contribution in [2.45, 2.75) is 26.3 Å². The van der Waals surface area contributed by atoms with E-state index in [1.165, 1.54) is 5.56 Å². The van der Waals surface area contributed by atoms with E-state index in [0.717, 1.165) is 12.0 Å². The number of carbonyl (C=O) groups excluding carboxylic acids is 2. The molecule has 1 heterocycles. The Balaban J connectivity index is 1.74. The van der Waals surface area contributed by atoms with E-state index >= 15 is 0 Å². The van der Waals surface area contributed by atoms with Crippen molar-refractivity contribution in [3.8, 4) is 0 Å². The van der Waals surface area contributed by atoms with E-state index in [4.69, 9.17) is 0 Å². The number of rotatable bonds is 4. The molecular weight excluding hydrogens is 288 g/mol. The molecule has 3 rings (SSSR count). The molecule has 0 bridgehead atoms. The van der Waals surface area contributed by atoms with E-state index in [1.807, 2.05) is 49.4 Å². The van der Waals surface area contributed by atoms with E-state index in [0.29, 0.717) is 30.8 Å². The second-order valence-electron chi connectivity index (χ2n) is 5.83. The highest BCUT2D eigenvalue weighted by molar-refractivity contribution is 6.05. The second-order valence-corrected chi connectivity index (χ2v) is 5.83. The van der Waals surface area contributed by atoms with E-state index in [2.05, 4.69) is 5.32 Å². The number of anilines is 1. The lowest BCUT2D eigenvalue weighted by atomic mass is 10.1. The zero-order valence-corrected chi connectivity index (χ0v) is 13.2. The maximum absolute atomic E-state index is 12.5. The molecule has 0 aliphatic carbocycles. The Morgan fingerprint density at radius 2 is 1.87 bits per heavy atom. The van der Waals surface area contributed by atoms with Gasteiger partial charge in [0.2, 0.25) is 5.91 Å². The third-order valence-corrected chi connectivity index (χ3v) is 4.09. The molecule has 1 fully saturated rings. The lowest BCUT2D eigenvalue weighted by Crippen LogP contribution is -2.29. The molecule has 0 atom stereocenters. The van der Waals surface area contributed by atoms with Crippen molar-refractivity contribution in [3.63, 3.8) is 0 Å². The van der Waals surface area contributed by atoms with Crippen molar-refractivity contribution in [2.24, 2.45) is 0 Å². The average Bonchev–Trinajstić information content (AvgIpc) is 3.00. The Labute approximate surface area is 136 Å². The summed E-state index contributed by atoms with van der Waals surface area (Å²) in [6.45, 7) is 3.19. The minimum atomic E-state index is -0.152. The predicted molar refractivity (Wildman–Crippen MR) is 90.4 cm³/mol. The van der Waals surface area contributed by atoms with Crippen molar-refractivity contribution in [1.82, 2.24) is 5.32 Å². The summed E-state index contributed by atoms with van der Waals surface area (Å²) in [7, 11) is 0. The number of hydrogen-bond acceptors (Lipinski definition) is 2. The van der Waals surface area contributed by atoms with Gasteiger partial charge in [-0.05, 0) is 31.0 Å². The summed E-state index contributed by atoms with van der Waals surface area (Å²) >= 11 is 0. The molecular formula is C19H20N2O2. The van der Waals surface area contributed by atoms with Gasteiger partial charge in [0.1, 0.15) is 0 Å². The molecule has 0 saturated carbocycles. The van der Waals surface area contributed by atoms with Crippen LogP contribution in [0.25, 0.3) is 0 Å². The molecule has 4 heteroatoms. The summed E-state index contributed by atoms with van der Waals surface area (Å²) < 4.78 is 0. The number of para-hydroxylation sites is 1. The molecule has 1 aliphatic rings. The number of benzene rings is 2. The summed E-state index contributed by atoms with van der Waals surface area (Å²) in [6.07, 6.45) is 1.40. The fraction of sp³-hybridized carbons (Fsp3) is 0.263. The Hall–Kier alpha value is -2.62. The van der Waals surface area contributed by atoms with Gasteiger partial charge in [0.05, 0.1) is 11.3 Å². The zero-order chi connectivity index (χ0) is 16.2. The third kappa shape index (κ3) is 3.42. The first kappa shape index (κ1) is 15.3. The molecule has 118 valence electrons. The third-order valence-electron chi connectivity index (χ3n) is 4.09. The first-order chi connectivity index (χ1) is 11.1. The SMILES string of the molecule is Cc1ccc(CNC(=O)c2ccccc2N2CCCC2=O)cc1. The van der Waals surface area contributed by atoms with Crippen molar-refractivity contribution in [2.75, 3.05) is 11.4 Å². The summed E-state index contributed by atoms with van der Waals surface area (Å²) in [6, 6.07) is 15.4. The molecule has 1 saturated heterocycles. The van der Waals surface area contributed by atoms with Gasteiger partial charge < -0.3 is 10.2 Å². The average molecular weight is 308 g/mol. The molecule has 0 aromatic heterocycles. The smallest absolute Gasteiger partial charge is 0.253 e. The van der Waals surface area contributed by atoms with Gasteiger partial charge in [-0.2, -0.15) is 0 Å². The van der Waals surface area contributed by atoms with E-state index < -0.39 is 0 Å². The van der Waals surface area contributed by atoms with Crippen LogP contribution in [-0.4, -0.2) is 18.4 Å². The van der Waals surface area contributed by atoms with Crippen LogP contribution in [0.4, 0.5) is 5.69 Å². The molecule has 0 radical (unpaired) electrons. The van der Waals surface area contributed by atoms with Gasteiger partial charge in [-0.15, -0.1) is 0 Å². The maximum Gasteiger partial charge on any atom is 0.253 e. The summed E-state index contributed by atoms with van der Waals surface area (Å²) in [5.41, 5.74) is 3.50. The quantitative estimate of drug-likeness (QED) is 0.943. The number of carbonyl (C=O) groups is 2. The Morgan fingerprint density at radius 1 is 1.13 bits per heavy atom. The fourth-order valence-electron chi connectivity index (χ4n) is 2.79. The second kappa shape index (κ2) is 6.65. The topological polar surface area (TPSA) is 49.4 Å². The minimum absolute atomic E-state index is 0.0868. The van der Waals surface area contributed by atoms with Crippen LogP contribution in [0.2, 0.25) is 0 Å². The van der Waals surface area contributed by atoms with Crippen molar-refractivity contribution in [3.05, 3.63) is 65.2 Å². The molecule has 4 nitrogen and oxygen atoms in total. The van der Waals surface area contributed by atoms with Crippen LogP contribution in [0.3, 0.4) is 0 Å². The summed E-state index contributed by atoms with van der Waals surface area (Å²) in [4.78, 5) is 26.2. The largest absolute Gasteiger partial charge is 0.348 e. The molecule has 1 N–H and O–H groups in total. The summed E-state index contributed by atoms with van der Waals surface area (Å²) in [5, 5.41) is 2.94. The monoisotopic (exact) mass is 308 g/mol. The van der Waals surface area contributed by atoms with Crippen molar-refractivity contribution >= 4 is 17.5 Å². The van der Waals surface area contributed by atoms with Crippen LogP contribution >= 0.6 is 0 Å². The molecule has 0 spiro atoms. The van der Waals surface area contributed by atoms with Crippen molar-refractivity contribution in [1.29, 1.82) is 0 Å². The molecule has 1 aliphatic heterocycles. The zero-order valence-electron chi connectivity index (χ0n) is 13.2. The van der Waals surface area contributed by atoms with Gasteiger partial charge >= 0.3 is 0 Å². The van der Waals surface area contributed by atoms with Crippen LogP contribution in [0, 0.1) is 6.92 Å². The fourth-order valence-corrected chi connectivity index (χ4v) is 2.79. The summed E-state index contributed by atoms with van der Waals surface area (Å²) in [5.74, 6) is -0.0651. The first-order valence-corrected chi connectivity index (χ1v) is 7.88. The molecule has 2 amide bonds. The standard InChI is InChI=1S/C19H20N2O2/c1-14-8-10-15(11-9-14)13-20-19(23)16-5-2-3-6-17(16)21-12-4-7-18(21)22/h2-3,5-6,8-11H,4,7,12-13H2,1H3,(H,20,23). The highest BCUT2D eigenvalue weighted by atomic mass is 16.2. The predicted octanol–water partition coefficient (Wildman–Crippen LogP) is 3.05. The number of hydrogen-bond donors (Lipinski definition) is 1. The van der Waals surface area contributed by atoms with E-state index in [1.54, 1.807) is 11.0 Å². The number of nitrogens with zero attached hydrogens (tertiary/aromatic N) is 1. The maximum atomic E-state index is 12.5. The van der Waals surface area contributed by atoms with Gasteiger partial charge in [0.15, 0.2) is 0 Å². The molecule has 2 aromatic rings. The highest BCUT2D eigenvalue weighted by Gasteiger charge is 2.25. The normalized spacial score (nSPS) is 14.1. The van der Waals surface area contributed by atoms with Crippen molar-refractivity contribution < 1.29 is 9.59 Å². The molecule has 2 aromatic carbocycles. The van der Waals surface area contributed by atoms with Crippen LogP contribution in [0.1, 0.15) is 34.3 Å². The lowest BCUT2D eigenvalue weighted by molar-refractivity contribution is -0.117. The van der Waals surface area contributed by atoms with E-state index in [9.17, 15) is 9.59 Å². The van der Waals surface area contributed by atoms with Crippen LogP contribution < -0.4 is 10.2 Å². The number of aryl methyl sites for hydroxylation is 1. The molecule has 0 unspecified atom stereocenters. The van der Waals surface area contributed by atoms with E-state index in [-0.39, 0.29) is 11.8 Å². The van der Waals surface area contributed by atoms with Gasteiger partial charge in [-0.1, -0.05) is 42.0 Å². The van der Waals surface area contributed by atoms with Gasteiger partial charge in [0.25, 0.3) is 5.91 Å². The van der Waals surface area contributed by atoms with Gasteiger partial charge in [-0.25, -0.2) is 0 Å². The van der Waals surface area contributed by atoms with Crippen LogP contribution in [0.5, 0.6) is 0 Å². The van der Waals surface area contributed by atoms with Gasteiger partial charge in [0, 0.05) is 19.5 Å². The lowest BCUT2D eigenvalue weighted by Gasteiger charge is -2.19. The first-order valence-electron chi connectivity index (χ1n) is 7.88. The minimum Gasteiger partial charge on any atom is -0.348 e. The van der Waals surface area contributed by atoms with Crippen LogP contribution in [0.15, 0.2) is 48.5 Å². The molecule has 23 heavy (non-hydrogen) atoms. The highest BCUT2D eigenvalue weighted by Crippen LogP contribution is 2.25. The van der Waals surface area contributed by atoms with Crippen LogP contribution in [-0.2, 0) is 11.3 Å². The Morgan fingerprint density at radius 3 is 2.57 bits per heavy atom. The van der Waals surface area contributed by atoms with Gasteiger partial charge in [-0.3, -0.25) is 9.59 Å². The Bertz CT molecular complexity index is 722. The number of amides is 2.